The minimum absolute atomic E-state index is 0.521. The SMILES string of the molecule is N#Cc1ccc(-n2c3ccccc3c3cc(-c4ccc(-n5c6ccccc6c6ccccc65)c(-c5cc(-c6ccccc6)nc(-c6ccccc6)n5)c4)ccc32)c(-c2nc(-c3ccccc3)cc(-c3ccccc3)n2)c1. The zero-order valence-corrected chi connectivity index (χ0v) is 41.0. The molecule has 0 atom stereocenters. The van der Waals surface area contributed by atoms with Gasteiger partial charge in [0.05, 0.1) is 67.8 Å². The first kappa shape index (κ1) is 44.2. The van der Waals surface area contributed by atoms with E-state index in [2.05, 4.69) is 191 Å². The zero-order chi connectivity index (χ0) is 50.5. The maximum atomic E-state index is 10.4. The molecule has 4 aromatic heterocycles. The second-order valence-corrected chi connectivity index (χ2v) is 18.9. The van der Waals surface area contributed by atoms with Crippen LogP contribution in [0.15, 0.2) is 261 Å². The Morgan fingerprint density at radius 3 is 1.21 bits per heavy atom. The van der Waals surface area contributed by atoms with Gasteiger partial charge in [-0.2, -0.15) is 5.26 Å². The van der Waals surface area contributed by atoms with E-state index in [1.807, 2.05) is 84.9 Å². The normalized spacial score (nSPS) is 11.4. The summed E-state index contributed by atoms with van der Waals surface area (Å²) in [6.45, 7) is 0. The largest absolute Gasteiger partial charge is 0.309 e. The molecule has 0 fully saturated rings. The van der Waals surface area contributed by atoms with E-state index in [1.165, 1.54) is 10.8 Å². The summed E-state index contributed by atoms with van der Waals surface area (Å²) in [6, 6.07) is 92.7. The number of para-hydroxylation sites is 3. The van der Waals surface area contributed by atoms with E-state index in [4.69, 9.17) is 19.9 Å². The number of nitrogens with zero attached hydrogens (tertiary/aromatic N) is 7. The van der Waals surface area contributed by atoms with Crippen LogP contribution in [0.1, 0.15) is 5.56 Å². The van der Waals surface area contributed by atoms with Gasteiger partial charge in [0.25, 0.3) is 0 Å². The van der Waals surface area contributed by atoms with Gasteiger partial charge >= 0.3 is 0 Å². The molecule has 0 spiro atoms. The molecule has 0 aliphatic carbocycles. The lowest BCUT2D eigenvalue weighted by molar-refractivity contribution is 1.14. The van der Waals surface area contributed by atoms with Crippen molar-refractivity contribution in [3.8, 4) is 96.4 Å². The highest BCUT2D eigenvalue weighted by Gasteiger charge is 2.23. The lowest BCUT2D eigenvalue weighted by atomic mass is 9.97. The minimum atomic E-state index is 0.521. The summed E-state index contributed by atoms with van der Waals surface area (Å²) in [7, 11) is 0. The predicted molar refractivity (Wildman–Crippen MR) is 309 cm³/mol. The molecule has 10 aromatic carbocycles. The molecular formula is C69H43N7. The van der Waals surface area contributed by atoms with Gasteiger partial charge in [-0.15, -0.1) is 0 Å². The fourth-order valence-corrected chi connectivity index (χ4v) is 10.8. The van der Waals surface area contributed by atoms with Crippen LogP contribution in [0.3, 0.4) is 0 Å². The fraction of sp³-hybridized carbons (Fsp3) is 0. The molecule has 0 aliphatic heterocycles. The number of hydrogen-bond donors (Lipinski definition) is 0. The van der Waals surface area contributed by atoms with Crippen LogP contribution < -0.4 is 0 Å². The Morgan fingerprint density at radius 2 is 0.671 bits per heavy atom. The Labute approximate surface area is 438 Å². The number of benzene rings is 10. The van der Waals surface area contributed by atoms with Crippen LogP contribution >= 0.6 is 0 Å². The molecule has 14 rings (SSSR count). The van der Waals surface area contributed by atoms with Gasteiger partial charge in [0.1, 0.15) is 0 Å². The number of rotatable bonds is 9. The second kappa shape index (κ2) is 18.5. The van der Waals surface area contributed by atoms with E-state index < -0.39 is 0 Å². The van der Waals surface area contributed by atoms with Crippen molar-refractivity contribution in [1.82, 2.24) is 29.1 Å². The number of nitriles is 1. The van der Waals surface area contributed by atoms with E-state index in [9.17, 15) is 5.26 Å². The standard InChI is InChI=1S/C69H43N7/c70-44-45-33-36-67(57(39-45)69-72-58(46-19-5-1-6-20-46)42-59(73-69)47-21-7-2-8-22-47)76-64-32-18-15-29-54(64)55-40-50(34-37-65(55)76)51-35-38-66(75-62-30-16-13-27-52(62)53-28-14-17-31-63(53)75)56(41-51)61-43-60(48-23-9-3-10-24-48)71-68(74-61)49-25-11-4-12-26-49/h1-43H. The zero-order valence-electron chi connectivity index (χ0n) is 41.0. The monoisotopic (exact) mass is 969 g/mol. The van der Waals surface area contributed by atoms with Crippen LogP contribution in [0.4, 0.5) is 0 Å². The van der Waals surface area contributed by atoms with Crippen LogP contribution in [-0.4, -0.2) is 29.1 Å². The Balaban J connectivity index is 0.983. The summed E-state index contributed by atoms with van der Waals surface area (Å²) in [4.78, 5) is 21.1. The van der Waals surface area contributed by atoms with Crippen molar-refractivity contribution in [1.29, 1.82) is 5.26 Å². The van der Waals surface area contributed by atoms with Crippen molar-refractivity contribution in [3.05, 3.63) is 266 Å². The topological polar surface area (TPSA) is 85.2 Å². The highest BCUT2D eigenvalue weighted by molar-refractivity contribution is 6.12. The number of aromatic nitrogens is 6. The van der Waals surface area contributed by atoms with Crippen molar-refractivity contribution in [2.75, 3.05) is 0 Å². The van der Waals surface area contributed by atoms with E-state index in [1.54, 1.807) is 0 Å². The molecule has 0 N–H and O–H groups in total. The molecule has 76 heavy (non-hydrogen) atoms. The van der Waals surface area contributed by atoms with Crippen molar-refractivity contribution in [3.63, 3.8) is 0 Å². The summed E-state index contributed by atoms with van der Waals surface area (Å²) in [5.41, 5.74) is 17.6. The van der Waals surface area contributed by atoms with E-state index in [0.717, 1.165) is 111 Å². The number of fused-ring (bicyclic) bond motifs is 6. The maximum absolute atomic E-state index is 10.4. The quantitative estimate of drug-likeness (QED) is 0.144. The summed E-state index contributed by atoms with van der Waals surface area (Å²) < 4.78 is 4.67. The first-order valence-electron chi connectivity index (χ1n) is 25.3. The van der Waals surface area contributed by atoms with Crippen molar-refractivity contribution in [2.45, 2.75) is 0 Å². The molecule has 0 saturated heterocycles. The van der Waals surface area contributed by atoms with Crippen LogP contribution in [-0.2, 0) is 0 Å². The predicted octanol–water partition coefficient (Wildman–Crippen LogP) is 17.0. The van der Waals surface area contributed by atoms with Gasteiger partial charge in [-0.25, -0.2) is 19.9 Å². The Bertz CT molecular complexity index is 4410. The minimum Gasteiger partial charge on any atom is -0.309 e. The van der Waals surface area contributed by atoms with E-state index in [0.29, 0.717) is 17.2 Å². The molecule has 0 unspecified atom stereocenters. The molecule has 7 nitrogen and oxygen atoms in total. The van der Waals surface area contributed by atoms with Gasteiger partial charge in [0, 0.05) is 54.9 Å². The third-order valence-electron chi connectivity index (χ3n) is 14.4. The van der Waals surface area contributed by atoms with Crippen LogP contribution in [0.2, 0.25) is 0 Å². The van der Waals surface area contributed by atoms with Crippen LogP contribution in [0.5, 0.6) is 0 Å². The second-order valence-electron chi connectivity index (χ2n) is 18.9. The van der Waals surface area contributed by atoms with Gasteiger partial charge < -0.3 is 9.13 Å². The first-order chi connectivity index (χ1) is 37.6. The molecule has 7 heteroatoms. The molecule has 4 heterocycles. The molecule has 0 amide bonds. The smallest absolute Gasteiger partial charge is 0.162 e. The average Bonchev–Trinajstić information content (AvgIpc) is 4.11. The summed E-state index contributed by atoms with van der Waals surface area (Å²) in [6.07, 6.45) is 0. The van der Waals surface area contributed by atoms with Crippen LogP contribution in [0, 0.1) is 11.3 Å². The van der Waals surface area contributed by atoms with Gasteiger partial charge in [-0.3, -0.25) is 0 Å². The van der Waals surface area contributed by atoms with Gasteiger partial charge in [-0.1, -0.05) is 188 Å². The summed E-state index contributed by atoms with van der Waals surface area (Å²) in [5.74, 6) is 1.18. The Hall–Kier alpha value is -10.6. The lowest BCUT2D eigenvalue weighted by Crippen LogP contribution is -2.02. The average molecular weight is 970 g/mol. The fourth-order valence-electron chi connectivity index (χ4n) is 10.8. The molecule has 0 bridgehead atoms. The van der Waals surface area contributed by atoms with E-state index >= 15 is 0 Å². The van der Waals surface area contributed by atoms with Crippen molar-refractivity contribution >= 4 is 43.6 Å². The van der Waals surface area contributed by atoms with Gasteiger partial charge in [-0.05, 0) is 83.9 Å². The lowest BCUT2D eigenvalue weighted by Gasteiger charge is -2.17. The molecular weight excluding hydrogens is 927 g/mol. The summed E-state index contributed by atoms with van der Waals surface area (Å²) >= 11 is 0. The highest BCUT2D eigenvalue weighted by atomic mass is 15.0. The summed E-state index contributed by atoms with van der Waals surface area (Å²) in [5, 5.41) is 14.9. The van der Waals surface area contributed by atoms with Crippen LogP contribution in [0.25, 0.3) is 134 Å². The third-order valence-corrected chi connectivity index (χ3v) is 14.4. The third kappa shape index (κ3) is 7.68. The first-order valence-corrected chi connectivity index (χ1v) is 25.3. The highest BCUT2D eigenvalue weighted by Crippen LogP contribution is 2.42. The maximum Gasteiger partial charge on any atom is 0.162 e. The van der Waals surface area contributed by atoms with Gasteiger partial charge in [0.2, 0.25) is 0 Å². The van der Waals surface area contributed by atoms with E-state index in [-0.39, 0.29) is 0 Å². The molecule has 0 aliphatic rings. The Morgan fingerprint density at radius 1 is 0.276 bits per heavy atom. The molecule has 0 radical (unpaired) electrons. The van der Waals surface area contributed by atoms with Crippen molar-refractivity contribution in [2.24, 2.45) is 0 Å². The molecule has 354 valence electrons. The molecule has 14 aromatic rings. The molecule has 0 saturated carbocycles. The van der Waals surface area contributed by atoms with Gasteiger partial charge in [0.15, 0.2) is 11.6 Å². The Kier molecular flexibility index (Phi) is 10.7. The number of hydrogen-bond acceptors (Lipinski definition) is 5. The van der Waals surface area contributed by atoms with Crippen molar-refractivity contribution < 1.29 is 0 Å².